The van der Waals surface area contributed by atoms with E-state index in [1.807, 2.05) is 44.2 Å². The highest BCUT2D eigenvalue weighted by Crippen LogP contribution is 2.29. The molecule has 0 aliphatic carbocycles. The standard InChI is InChI=1S/C17H17N5O/c1-10(2)20-15-13-9-12(11-5-7-19-8-6-11)3-4-14(13)21-22-16(15)17(18)23/h3-10H,1-2H3,(H2,18,23)(H,20,21). The smallest absolute Gasteiger partial charge is 0.271 e. The number of anilines is 1. The van der Waals surface area contributed by atoms with E-state index in [-0.39, 0.29) is 11.7 Å². The number of aromatic nitrogens is 3. The number of primary amides is 1. The summed E-state index contributed by atoms with van der Waals surface area (Å²) in [6, 6.07) is 9.83. The molecular weight excluding hydrogens is 290 g/mol. The van der Waals surface area contributed by atoms with Gasteiger partial charge in [0.25, 0.3) is 5.91 Å². The van der Waals surface area contributed by atoms with Crippen LogP contribution in [0, 0.1) is 0 Å². The van der Waals surface area contributed by atoms with Crippen molar-refractivity contribution in [1.82, 2.24) is 15.2 Å². The lowest BCUT2D eigenvalue weighted by Crippen LogP contribution is -2.20. The molecule has 6 heteroatoms. The minimum Gasteiger partial charge on any atom is -0.380 e. The molecular formula is C17H17N5O. The number of carbonyl (C=O) groups is 1. The maximum absolute atomic E-state index is 11.7. The van der Waals surface area contributed by atoms with Crippen molar-refractivity contribution in [3.63, 3.8) is 0 Å². The average molecular weight is 307 g/mol. The second-order valence-corrected chi connectivity index (χ2v) is 5.55. The molecule has 3 rings (SSSR count). The molecule has 2 aromatic heterocycles. The third kappa shape index (κ3) is 2.96. The van der Waals surface area contributed by atoms with Crippen molar-refractivity contribution in [2.75, 3.05) is 5.32 Å². The molecule has 3 N–H and O–H groups in total. The largest absolute Gasteiger partial charge is 0.380 e. The molecule has 3 aromatic rings. The number of pyridine rings is 1. The second-order valence-electron chi connectivity index (χ2n) is 5.55. The van der Waals surface area contributed by atoms with Crippen molar-refractivity contribution in [3.8, 4) is 11.1 Å². The fraction of sp³-hybridized carbons (Fsp3) is 0.176. The van der Waals surface area contributed by atoms with Crippen LogP contribution in [-0.2, 0) is 0 Å². The Kier molecular flexibility index (Phi) is 3.89. The number of benzene rings is 1. The van der Waals surface area contributed by atoms with E-state index in [2.05, 4.69) is 20.5 Å². The van der Waals surface area contributed by atoms with Gasteiger partial charge in [-0.15, -0.1) is 10.2 Å². The van der Waals surface area contributed by atoms with Crippen LogP contribution in [0.2, 0.25) is 0 Å². The maximum atomic E-state index is 11.7. The molecule has 0 saturated carbocycles. The molecule has 0 fully saturated rings. The van der Waals surface area contributed by atoms with Gasteiger partial charge in [0.05, 0.1) is 11.2 Å². The summed E-state index contributed by atoms with van der Waals surface area (Å²) >= 11 is 0. The van der Waals surface area contributed by atoms with Crippen molar-refractivity contribution in [1.29, 1.82) is 0 Å². The molecule has 6 nitrogen and oxygen atoms in total. The SMILES string of the molecule is CC(C)Nc1c(C(N)=O)nnc2ccc(-c3ccncc3)cc12. The molecule has 23 heavy (non-hydrogen) atoms. The molecule has 0 bridgehead atoms. The number of amides is 1. The van der Waals surface area contributed by atoms with Crippen LogP contribution < -0.4 is 11.1 Å². The van der Waals surface area contributed by atoms with Crippen LogP contribution in [0.3, 0.4) is 0 Å². The Balaban J connectivity index is 2.25. The second kappa shape index (κ2) is 6.00. The van der Waals surface area contributed by atoms with Crippen LogP contribution in [-0.4, -0.2) is 27.1 Å². The maximum Gasteiger partial charge on any atom is 0.271 e. The summed E-state index contributed by atoms with van der Waals surface area (Å²) in [6.07, 6.45) is 3.49. The van der Waals surface area contributed by atoms with Gasteiger partial charge in [-0.2, -0.15) is 0 Å². The predicted octanol–water partition coefficient (Wildman–Crippen LogP) is 2.61. The van der Waals surface area contributed by atoms with E-state index in [4.69, 9.17) is 5.73 Å². The molecule has 2 heterocycles. The van der Waals surface area contributed by atoms with Crippen LogP contribution in [0.1, 0.15) is 24.3 Å². The van der Waals surface area contributed by atoms with E-state index in [9.17, 15) is 4.79 Å². The van der Waals surface area contributed by atoms with Gasteiger partial charge in [-0.1, -0.05) is 6.07 Å². The van der Waals surface area contributed by atoms with Gasteiger partial charge in [0.1, 0.15) is 0 Å². The zero-order valence-corrected chi connectivity index (χ0v) is 12.9. The summed E-state index contributed by atoms with van der Waals surface area (Å²) in [5.41, 5.74) is 8.96. The van der Waals surface area contributed by atoms with Crippen LogP contribution >= 0.6 is 0 Å². The first-order valence-corrected chi connectivity index (χ1v) is 7.33. The summed E-state index contributed by atoms with van der Waals surface area (Å²) in [5, 5.41) is 12.1. The molecule has 1 amide bonds. The number of nitrogens with two attached hydrogens (primary N) is 1. The third-order valence-corrected chi connectivity index (χ3v) is 3.44. The van der Waals surface area contributed by atoms with Gasteiger partial charge in [0.2, 0.25) is 0 Å². The normalized spacial score (nSPS) is 10.9. The zero-order valence-electron chi connectivity index (χ0n) is 12.9. The van der Waals surface area contributed by atoms with Gasteiger partial charge < -0.3 is 11.1 Å². The minimum atomic E-state index is -0.600. The Bertz CT molecular complexity index is 861. The Labute approximate surface area is 133 Å². The van der Waals surface area contributed by atoms with E-state index < -0.39 is 5.91 Å². The molecule has 1 aromatic carbocycles. The van der Waals surface area contributed by atoms with Crippen LogP contribution in [0.15, 0.2) is 42.7 Å². The molecule has 0 spiro atoms. The highest BCUT2D eigenvalue weighted by atomic mass is 16.1. The molecule has 0 saturated heterocycles. The number of fused-ring (bicyclic) bond motifs is 1. The highest BCUT2D eigenvalue weighted by Gasteiger charge is 2.16. The van der Waals surface area contributed by atoms with E-state index in [1.165, 1.54) is 0 Å². The summed E-state index contributed by atoms with van der Waals surface area (Å²) < 4.78 is 0. The lowest BCUT2D eigenvalue weighted by atomic mass is 10.0. The molecule has 0 radical (unpaired) electrons. The summed E-state index contributed by atoms with van der Waals surface area (Å²) in [6.45, 7) is 3.98. The topological polar surface area (TPSA) is 93.8 Å². The minimum absolute atomic E-state index is 0.130. The lowest BCUT2D eigenvalue weighted by molar-refractivity contribution is 0.0995. The number of nitrogens with one attached hydrogen (secondary N) is 1. The Hall–Kier alpha value is -3.02. The van der Waals surface area contributed by atoms with Gasteiger partial charge in [-0.25, -0.2) is 0 Å². The van der Waals surface area contributed by atoms with Crippen molar-refractivity contribution in [2.24, 2.45) is 5.73 Å². The molecule has 0 atom stereocenters. The van der Waals surface area contributed by atoms with Crippen LogP contribution in [0.4, 0.5) is 5.69 Å². The first-order chi connectivity index (χ1) is 11.1. The van der Waals surface area contributed by atoms with Gasteiger partial charge in [0, 0.05) is 23.8 Å². The first-order valence-electron chi connectivity index (χ1n) is 7.33. The van der Waals surface area contributed by atoms with Crippen LogP contribution in [0.5, 0.6) is 0 Å². The van der Waals surface area contributed by atoms with Gasteiger partial charge in [-0.05, 0) is 49.2 Å². The summed E-state index contributed by atoms with van der Waals surface area (Å²) in [4.78, 5) is 15.7. The average Bonchev–Trinajstić information content (AvgIpc) is 2.55. The van der Waals surface area contributed by atoms with Crippen molar-refractivity contribution < 1.29 is 4.79 Å². The summed E-state index contributed by atoms with van der Waals surface area (Å²) in [7, 11) is 0. The fourth-order valence-electron chi connectivity index (χ4n) is 2.44. The fourth-order valence-corrected chi connectivity index (χ4v) is 2.44. The van der Waals surface area contributed by atoms with Gasteiger partial charge in [-0.3, -0.25) is 9.78 Å². The number of hydrogen-bond acceptors (Lipinski definition) is 5. The van der Waals surface area contributed by atoms with E-state index in [0.29, 0.717) is 11.2 Å². The van der Waals surface area contributed by atoms with E-state index >= 15 is 0 Å². The van der Waals surface area contributed by atoms with E-state index in [0.717, 1.165) is 16.5 Å². The third-order valence-electron chi connectivity index (χ3n) is 3.44. The number of rotatable bonds is 4. The predicted molar refractivity (Wildman–Crippen MR) is 90.0 cm³/mol. The summed E-state index contributed by atoms with van der Waals surface area (Å²) in [5.74, 6) is -0.600. The Morgan fingerprint density at radius 1 is 1.09 bits per heavy atom. The molecule has 0 unspecified atom stereocenters. The van der Waals surface area contributed by atoms with Gasteiger partial charge >= 0.3 is 0 Å². The van der Waals surface area contributed by atoms with Crippen molar-refractivity contribution >= 4 is 22.5 Å². The van der Waals surface area contributed by atoms with Crippen molar-refractivity contribution in [2.45, 2.75) is 19.9 Å². The quantitative estimate of drug-likeness (QED) is 0.772. The zero-order chi connectivity index (χ0) is 16.4. The Morgan fingerprint density at radius 3 is 2.48 bits per heavy atom. The Morgan fingerprint density at radius 2 is 1.83 bits per heavy atom. The van der Waals surface area contributed by atoms with Gasteiger partial charge in [0.15, 0.2) is 5.69 Å². The monoisotopic (exact) mass is 307 g/mol. The van der Waals surface area contributed by atoms with Crippen molar-refractivity contribution in [3.05, 3.63) is 48.4 Å². The molecule has 0 aliphatic rings. The molecule has 116 valence electrons. The highest BCUT2D eigenvalue weighted by molar-refractivity contribution is 6.05. The number of hydrogen-bond donors (Lipinski definition) is 2. The molecule has 0 aliphatic heterocycles. The number of carbonyl (C=O) groups excluding carboxylic acids is 1. The van der Waals surface area contributed by atoms with Crippen LogP contribution in [0.25, 0.3) is 22.0 Å². The first kappa shape index (κ1) is 14.9. The lowest BCUT2D eigenvalue weighted by Gasteiger charge is -2.15. The van der Waals surface area contributed by atoms with E-state index in [1.54, 1.807) is 12.4 Å². The number of nitrogens with zero attached hydrogens (tertiary/aromatic N) is 3.